The summed E-state index contributed by atoms with van der Waals surface area (Å²) in [5, 5.41) is 5.64. The van der Waals surface area contributed by atoms with E-state index < -0.39 is 0 Å². The van der Waals surface area contributed by atoms with E-state index in [4.69, 9.17) is 16.3 Å². The van der Waals surface area contributed by atoms with E-state index in [1.165, 1.54) is 23.3 Å². The molecule has 0 unspecified atom stereocenters. The Kier molecular flexibility index (Phi) is 5.82. The maximum absolute atomic E-state index is 11.3. The summed E-state index contributed by atoms with van der Waals surface area (Å²) in [5.41, 5.74) is 1.03. The topological polar surface area (TPSA) is 52.1 Å². The number of halogens is 1. The van der Waals surface area contributed by atoms with Crippen molar-refractivity contribution in [3.05, 3.63) is 29.3 Å². The SMILES string of the molecule is CCOC(=O)CCSc1nnsc1-c1ccc(Cl)cc1. The highest BCUT2D eigenvalue weighted by atomic mass is 35.5. The maximum Gasteiger partial charge on any atom is 0.306 e. The first kappa shape index (κ1) is 15.3. The molecule has 0 fully saturated rings. The number of esters is 1. The smallest absolute Gasteiger partial charge is 0.306 e. The van der Waals surface area contributed by atoms with Gasteiger partial charge < -0.3 is 4.74 Å². The fourth-order valence-corrected chi connectivity index (χ4v) is 3.36. The minimum Gasteiger partial charge on any atom is -0.466 e. The van der Waals surface area contributed by atoms with E-state index in [2.05, 4.69) is 9.59 Å². The summed E-state index contributed by atoms with van der Waals surface area (Å²) < 4.78 is 8.87. The highest BCUT2D eigenvalue weighted by Crippen LogP contribution is 2.33. The van der Waals surface area contributed by atoms with Crippen LogP contribution in [0.4, 0.5) is 0 Å². The number of hydrogen-bond donors (Lipinski definition) is 0. The lowest BCUT2D eigenvalue weighted by atomic mass is 10.2. The van der Waals surface area contributed by atoms with Gasteiger partial charge in [0.05, 0.1) is 17.9 Å². The molecule has 1 aromatic carbocycles. The third-order valence-corrected chi connectivity index (χ3v) is 4.54. The molecule has 0 atom stereocenters. The van der Waals surface area contributed by atoms with E-state index in [1.54, 1.807) is 6.92 Å². The largest absolute Gasteiger partial charge is 0.466 e. The average Bonchev–Trinajstić information content (AvgIpc) is 2.88. The molecule has 0 saturated heterocycles. The normalized spacial score (nSPS) is 10.5. The maximum atomic E-state index is 11.3. The standard InChI is InChI=1S/C13H13ClN2O2S2/c1-2-18-11(17)7-8-19-13-12(20-16-15-13)9-3-5-10(14)6-4-9/h3-6H,2,7-8H2,1H3. The molecule has 0 radical (unpaired) electrons. The van der Waals surface area contributed by atoms with Crippen molar-refractivity contribution in [3.8, 4) is 10.4 Å². The number of ether oxygens (including phenoxy) is 1. The van der Waals surface area contributed by atoms with Crippen LogP contribution in [0.2, 0.25) is 5.02 Å². The summed E-state index contributed by atoms with van der Waals surface area (Å²) >= 11 is 8.72. The third kappa shape index (κ3) is 4.19. The number of thioether (sulfide) groups is 1. The van der Waals surface area contributed by atoms with Crippen molar-refractivity contribution in [2.45, 2.75) is 18.4 Å². The van der Waals surface area contributed by atoms with Crippen LogP contribution < -0.4 is 0 Å². The summed E-state index contributed by atoms with van der Waals surface area (Å²) in [6.45, 7) is 2.21. The van der Waals surface area contributed by atoms with Crippen molar-refractivity contribution in [1.29, 1.82) is 0 Å². The Morgan fingerprint density at radius 2 is 2.15 bits per heavy atom. The van der Waals surface area contributed by atoms with Crippen molar-refractivity contribution in [1.82, 2.24) is 9.59 Å². The van der Waals surface area contributed by atoms with Gasteiger partial charge in [0.2, 0.25) is 0 Å². The highest BCUT2D eigenvalue weighted by Gasteiger charge is 2.12. The van der Waals surface area contributed by atoms with Gasteiger partial charge in [-0.3, -0.25) is 4.79 Å². The Labute approximate surface area is 130 Å². The van der Waals surface area contributed by atoms with Crippen LogP contribution in [0.25, 0.3) is 10.4 Å². The predicted octanol–water partition coefficient (Wildman–Crippen LogP) is 3.90. The molecule has 4 nitrogen and oxygen atoms in total. The Morgan fingerprint density at radius 1 is 1.40 bits per heavy atom. The van der Waals surface area contributed by atoms with Crippen LogP contribution in [-0.4, -0.2) is 27.9 Å². The molecule has 106 valence electrons. The number of carbonyl (C=O) groups excluding carboxylic acids is 1. The monoisotopic (exact) mass is 328 g/mol. The first-order valence-corrected chi connectivity index (χ1v) is 8.21. The summed E-state index contributed by atoms with van der Waals surface area (Å²) in [4.78, 5) is 12.3. The van der Waals surface area contributed by atoms with Gasteiger partial charge in [-0.1, -0.05) is 28.2 Å². The Morgan fingerprint density at radius 3 is 2.85 bits per heavy atom. The lowest BCUT2D eigenvalue weighted by molar-refractivity contribution is -0.142. The van der Waals surface area contributed by atoms with E-state index in [9.17, 15) is 4.79 Å². The van der Waals surface area contributed by atoms with Crippen molar-refractivity contribution in [3.63, 3.8) is 0 Å². The zero-order valence-electron chi connectivity index (χ0n) is 10.8. The summed E-state index contributed by atoms with van der Waals surface area (Å²) in [6.07, 6.45) is 0.371. The number of rotatable bonds is 6. The average molecular weight is 329 g/mol. The molecule has 0 amide bonds. The number of hydrogen-bond acceptors (Lipinski definition) is 6. The minimum atomic E-state index is -0.184. The Bertz CT molecular complexity index is 572. The fourth-order valence-electron chi connectivity index (χ4n) is 1.52. The molecule has 1 aromatic heterocycles. The van der Waals surface area contributed by atoms with Crippen LogP contribution in [0, 0.1) is 0 Å². The van der Waals surface area contributed by atoms with Gasteiger partial charge in [-0.25, -0.2) is 0 Å². The molecule has 0 N–H and O–H groups in total. The van der Waals surface area contributed by atoms with Gasteiger partial charge in [-0.2, -0.15) is 0 Å². The molecule has 0 aliphatic rings. The van der Waals surface area contributed by atoms with E-state index in [0.717, 1.165) is 15.5 Å². The van der Waals surface area contributed by atoms with Gasteiger partial charge in [-0.15, -0.1) is 16.9 Å². The Balaban J connectivity index is 1.98. The van der Waals surface area contributed by atoms with Crippen LogP contribution in [0.5, 0.6) is 0 Å². The second-order valence-electron chi connectivity index (χ2n) is 3.82. The van der Waals surface area contributed by atoms with Crippen LogP contribution in [0.3, 0.4) is 0 Å². The molecule has 2 rings (SSSR count). The molecular weight excluding hydrogens is 316 g/mol. The molecule has 0 saturated carbocycles. The molecule has 1 heterocycles. The number of aromatic nitrogens is 2. The minimum absolute atomic E-state index is 0.184. The molecule has 0 spiro atoms. The van der Waals surface area contributed by atoms with Gasteiger partial charge in [0, 0.05) is 10.8 Å². The number of benzene rings is 1. The molecule has 20 heavy (non-hydrogen) atoms. The lowest BCUT2D eigenvalue weighted by Crippen LogP contribution is -2.04. The molecular formula is C13H13ClN2O2S2. The summed E-state index contributed by atoms with van der Waals surface area (Å²) in [7, 11) is 0. The quantitative estimate of drug-likeness (QED) is 0.594. The van der Waals surface area contributed by atoms with Gasteiger partial charge in [0.15, 0.2) is 0 Å². The number of nitrogens with zero attached hydrogens (tertiary/aromatic N) is 2. The zero-order valence-corrected chi connectivity index (χ0v) is 13.2. The molecule has 7 heteroatoms. The van der Waals surface area contributed by atoms with Crippen molar-refractivity contribution in [2.24, 2.45) is 0 Å². The summed E-state index contributed by atoms with van der Waals surface area (Å²) in [6, 6.07) is 7.55. The predicted molar refractivity (Wildman–Crippen MR) is 82.3 cm³/mol. The van der Waals surface area contributed by atoms with E-state index in [0.29, 0.717) is 23.8 Å². The molecule has 0 aliphatic carbocycles. The van der Waals surface area contributed by atoms with Gasteiger partial charge in [0.1, 0.15) is 5.03 Å². The highest BCUT2D eigenvalue weighted by molar-refractivity contribution is 7.99. The van der Waals surface area contributed by atoms with Gasteiger partial charge in [-0.05, 0) is 36.2 Å². The van der Waals surface area contributed by atoms with Crippen LogP contribution >= 0.6 is 34.9 Å². The second kappa shape index (κ2) is 7.61. The lowest BCUT2D eigenvalue weighted by Gasteiger charge is -2.02. The molecule has 0 bridgehead atoms. The zero-order chi connectivity index (χ0) is 14.4. The third-order valence-electron chi connectivity index (χ3n) is 2.41. The molecule has 2 aromatic rings. The van der Waals surface area contributed by atoms with E-state index in [-0.39, 0.29) is 5.97 Å². The van der Waals surface area contributed by atoms with Gasteiger partial charge >= 0.3 is 5.97 Å². The van der Waals surface area contributed by atoms with Crippen molar-refractivity contribution in [2.75, 3.05) is 12.4 Å². The first-order valence-electron chi connectivity index (χ1n) is 6.07. The van der Waals surface area contributed by atoms with E-state index in [1.807, 2.05) is 24.3 Å². The summed E-state index contributed by atoms with van der Waals surface area (Å²) in [5.74, 6) is 0.446. The first-order chi connectivity index (χ1) is 9.70. The van der Waals surface area contributed by atoms with Crippen LogP contribution in [0.15, 0.2) is 29.3 Å². The van der Waals surface area contributed by atoms with Crippen molar-refractivity contribution < 1.29 is 9.53 Å². The number of carbonyl (C=O) groups is 1. The van der Waals surface area contributed by atoms with Gasteiger partial charge in [0.25, 0.3) is 0 Å². The molecule has 0 aliphatic heterocycles. The van der Waals surface area contributed by atoms with E-state index >= 15 is 0 Å². The second-order valence-corrected chi connectivity index (χ2v) is 6.09. The Hall–Kier alpha value is -1.11. The van der Waals surface area contributed by atoms with Crippen LogP contribution in [0.1, 0.15) is 13.3 Å². The van der Waals surface area contributed by atoms with Crippen LogP contribution in [-0.2, 0) is 9.53 Å². The fraction of sp³-hybridized carbons (Fsp3) is 0.308. The van der Waals surface area contributed by atoms with Crippen molar-refractivity contribution >= 4 is 40.9 Å².